The maximum absolute atomic E-state index is 12.5. The molecule has 0 aromatic carbocycles. The summed E-state index contributed by atoms with van der Waals surface area (Å²) in [4.78, 5) is 19.2. The molecule has 1 aliphatic heterocycles. The summed E-state index contributed by atoms with van der Waals surface area (Å²) < 4.78 is 10.0. The van der Waals surface area contributed by atoms with Crippen LogP contribution in [0.4, 0.5) is 0 Å². The molecule has 1 amide bonds. The second-order valence-electron chi connectivity index (χ2n) is 5.08. The lowest BCUT2D eigenvalue weighted by Crippen LogP contribution is -2.28. The van der Waals surface area contributed by atoms with Crippen LogP contribution in [0.15, 0.2) is 39.0 Å². The van der Waals surface area contributed by atoms with Gasteiger partial charge < -0.3 is 13.9 Å². The van der Waals surface area contributed by atoms with Crippen LogP contribution < -0.4 is 0 Å². The molecule has 0 radical (unpaired) electrons. The number of nitrogens with zero attached hydrogens (tertiary/aromatic N) is 4. The first-order valence-electron chi connectivity index (χ1n) is 6.87. The van der Waals surface area contributed by atoms with Crippen LogP contribution in [0.3, 0.4) is 0 Å². The van der Waals surface area contributed by atoms with Crippen molar-refractivity contribution in [1.29, 1.82) is 0 Å². The summed E-state index contributed by atoms with van der Waals surface area (Å²) >= 11 is 1.55. The Balaban J connectivity index is 1.49. The van der Waals surface area contributed by atoms with Crippen molar-refractivity contribution >= 4 is 17.2 Å². The second kappa shape index (κ2) is 5.38. The van der Waals surface area contributed by atoms with E-state index in [9.17, 15) is 4.79 Å². The summed E-state index contributed by atoms with van der Waals surface area (Å²) in [6.07, 6.45) is 2.13. The fourth-order valence-corrected chi connectivity index (χ4v) is 3.26. The van der Waals surface area contributed by atoms with Crippen LogP contribution in [0.1, 0.15) is 28.7 Å². The topological polar surface area (TPSA) is 85.3 Å². The van der Waals surface area contributed by atoms with E-state index in [0.29, 0.717) is 30.4 Å². The normalized spacial score (nSPS) is 18.0. The smallest absolute Gasteiger partial charge is 0.276 e. The molecule has 4 rings (SSSR count). The summed E-state index contributed by atoms with van der Waals surface area (Å²) in [6.45, 7) is 1.22. The van der Waals surface area contributed by atoms with Gasteiger partial charge in [-0.3, -0.25) is 4.79 Å². The molecule has 7 nitrogen and oxygen atoms in total. The average molecular weight is 316 g/mol. The molecule has 3 aromatic rings. The number of hydrogen-bond acceptors (Lipinski definition) is 7. The number of amides is 1. The van der Waals surface area contributed by atoms with Crippen LogP contribution in [0.25, 0.3) is 10.6 Å². The molecule has 0 unspecified atom stereocenters. The van der Waals surface area contributed by atoms with Crippen LogP contribution in [0.2, 0.25) is 0 Å². The first-order valence-corrected chi connectivity index (χ1v) is 7.75. The molecule has 1 aliphatic rings. The van der Waals surface area contributed by atoms with E-state index in [1.54, 1.807) is 22.3 Å². The number of likely N-dealkylation sites (tertiary alicyclic amines) is 1. The largest absolute Gasteiger partial charge is 0.355 e. The maximum atomic E-state index is 12.5. The summed E-state index contributed by atoms with van der Waals surface area (Å²) in [5.74, 6) is 1.26. The fourth-order valence-electron chi connectivity index (χ4n) is 2.59. The van der Waals surface area contributed by atoms with Gasteiger partial charge in [0.25, 0.3) is 5.91 Å². The zero-order chi connectivity index (χ0) is 14.9. The Hall–Kier alpha value is -2.48. The number of carbonyl (C=O) groups is 1. The number of carbonyl (C=O) groups excluding carboxylic acids is 1. The number of thiophene rings is 1. The van der Waals surface area contributed by atoms with Crippen molar-refractivity contribution in [2.45, 2.75) is 12.3 Å². The van der Waals surface area contributed by atoms with Crippen molar-refractivity contribution in [2.24, 2.45) is 0 Å². The second-order valence-corrected chi connectivity index (χ2v) is 6.03. The molecule has 0 saturated carbocycles. The molecule has 1 saturated heterocycles. The molecule has 0 bridgehead atoms. The van der Waals surface area contributed by atoms with Crippen molar-refractivity contribution in [3.8, 4) is 10.6 Å². The summed E-state index contributed by atoms with van der Waals surface area (Å²) in [6, 6.07) is 5.55. The first kappa shape index (κ1) is 13.2. The predicted molar refractivity (Wildman–Crippen MR) is 77.4 cm³/mol. The highest BCUT2D eigenvalue weighted by molar-refractivity contribution is 7.13. The lowest BCUT2D eigenvalue weighted by Gasteiger charge is -2.13. The van der Waals surface area contributed by atoms with Crippen molar-refractivity contribution < 1.29 is 13.8 Å². The van der Waals surface area contributed by atoms with Gasteiger partial charge in [-0.1, -0.05) is 16.4 Å². The van der Waals surface area contributed by atoms with Gasteiger partial charge in [-0.2, -0.15) is 4.98 Å². The number of rotatable bonds is 3. The Morgan fingerprint density at radius 1 is 1.41 bits per heavy atom. The van der Waals surface area contributed by atoms with E-state index in [-0.39, 0.29) is 11.8 Å². The van der Waals surface area contributed by atoms with E-state index in [2.05, 4.69) is 15.3 Å². The molecule has 4 heterocycles. The van der Waals surface area contributed by atoms with Gasteiger partial charge in [-0.25, -0.2) is 0 Å². The van der Waals surface area contributed by atoms with Gasteiger partial charge >= 0.3 is 0 Å². The van der Waals surface area contributed by atoms with E-state index >= 15 is 0 Å². The molecule has 112 valence electrons. The zero-order valence-electron chi connectivity index (χ0n) is 11.5. The lowest BCUT2D eigenvalue weighted by atomic mass is 10.1. The highest BCUT2D eigenvalue weighted by Gasteiger charge is 2.31. The third-order valence-electron chi connectivity index (χ3n) is 3.71. The Bertz CT molecular complexity index is 766. The minimum atomic E-state index is -0.127. The minimum absolute atomic E-state index is 0.117. The van der Waals surface area contributed by atoms with Gasteiger partial charge in [0, 0.05) is 25.1 Å². The quantitative estimate of drug-likeness (QED) is 0.737. The van der Waals surface area contributed by atoms with Crippen molar-refractivity contribution in [1.82, 2.24) is 20.2 Å². The summed E-state index contributed by atoms with van der Waals surface area (Å²) in [5.41, 5.74) is 0.331. The molecule has 1 fully saturated rings. The Kier molecular flexibility index (Phi) is 3.23. The van der Waals surface area contributed by atoms with Crippen LogP contribution in [0, 0.1) is 0 Å². The Labute approximate surface area is 129 Å². The molecule has 3 aromatic heterocycles. The van der Waals surface area contributed by atoms with E-state index in [1.807, 2.05) is 17.5 Å². The molecule has 1 atom stereocenters. The standard InChI is InChI=1S/C14H12N4O3S/c19-14(10-6-11(21-16-10)12-2-1-5-22-12)18-4-3-9(7-18)13-15-8-20-17-13/h1-2,5-6,8-9H,3-4,7H2/t9-/m0/s1. The van der Waals surface area contributed by atoms with E-state index in [0.717, 1.165) is 11.3 Å². The molecule has 22 heavy (non-hydrogen) atoms. The van der Waals surface area contributed by atoms with E-state index in [1.165, 1.54) is 6.39 Å². The number of hydrogen-bond donors (Lipinski definition) is 0. The summed E-state index contributed by atoms with van der Waals surface area (Å²) in [7, 11) is 0. The van der Waals surface area contributed by atoms with Gasteiger partial charge in [0.1, 0.15) is 0 Å². The van der Waals surface area contributed by atoms with Crippen molar-refractivity contribution in [3.63, 3.8) is 0 Å². The van der Waals surface area contributed by atoms with Gasteiger partial charge in [0.05, 0.1) is 4.88 Å². The van der Waals surface area contributed by atoms with Crippen LogP contribution in [-0.4, -0.2) is 39.2 Å². The highest BCUT2D eigenvalue weighted by Crippen LogP contribution is 2.28. The highest BCUT2D eigenvalue weighted by atomic mass is 32.1. The zero-order valence-corrected chi connectivity index (χ0v) is 12.3. The molecule has 0 spiro atoms. The molecule has 0 aliphatic carbocycles. The molecule has 0 N–H and O–H groups in total. The average Bonchev–Trinajstić information content (AvgIpc) is 3.35. The van der Waals surface area contributed by atoms with Gasteiger partial charge in [0.2, 0.25) is 6.39 Å². The Morgan fingerprint density at radius 2 is 2.36 bits per heavy atom. The Morgan fingerprint density at radius 3 is 3.14 bits per heavy atom. The monoisotopic (exact) mass is 316 g/mol. The lowest BCUT2D eigenvalue weighted by molar-refractivity contribution is 0.0780. The summed E-state index contributed by atoms with van der Waals surface area (Å²) in [5, 5.41) is 9.69. The first-order chi connectivity index (χ1) is 10.8. The third-order valence-corrected chi connectivity index (χ3v) is 4.60. The van der Waals surface area contributed by atoms with E-state index in [4.69, 9.17) is 9.05 Å². The van der Waals surface area contributed by atoms with Crippen LogP contribution >= 0.6 is 11.3 Å². The van der Waals surface area contributed by atoms with Gasteiger partial charge in [-0.15, -0.1) is 11.3 Å². The van der Waals surface area contributed by atoms with Crippen molar-refractivity contribution in [2.75, 3.05) is 13.1 Å². The molecular weight excluding hydrogens is 304 g/mol. The predicted octanol–water partition coefficient (Wildman–Crippen LogP) is 2.42. The third kappa shape index (κ3) is 2.31. The molecular formula is C14H12N4O3S. The number of aromatic nitrogens is 3. The minimum Gasteiger partial charge on any atom is -0.355 e. The fraction of sp³-hybridized carbons (Fsp3) is 0.286. The maximum Gasteiger partial charge on any atom is 0.276 e. The van der Waals surface area contributed by atoms with Crippen molar-refractivity contribution in [3.05, 3.63) is 41.5 Å². The molecule has 8 heteroatoms. The van der Waals surface area contributed by atoms with Crippen LogP contribution in [-0.2, 0) is 0 Å². The SMILES string of the molecule is O=C(c1cc(-c2cccs2)on1)N1CC[C@H](c2ncon2)C1. The van der Waals surface area contributed by atoms with Gasteiger partial charge in [0.15, 0.2) is 17.3 Å². The van der Waals surface area contributed by atoms with Crippen LogP contribution in [0.5, 0.6) is 0 Å². The van der Waals surface area contributed by atoms with E-state index < -0.39 is 0 Å². The van der Waals surface area contributed by atoms with Gasteiger partial charge in [-0.05, 0) is 17.9 Å².